The van der Waals surface area contributed by atoms with Gasteiger partial charge in [0, 0.05) is 12.1 Å². The van der Waals surface area contributed by atoms with Crippen LogP contribution in [0.4, 0.5) is 10.1 Å². The van der Waals surface area contributed by atoms with Crippen LogP contribution >= 0.6 is 11.6 Å². The fourth-order valence-corrected chi connectivity index (χ4v) is 1.47. The van der Waals surface area contributed by atoms with Gasteiger partial charge in [0.05, 0.1) is 9.95 Å². The fraction of sp³-hybridized carbons (Fsp3) is 0.300. The number of nitro groups is 1. The van der Waals surface area contributed by atoms with Gasteiger partial charge in [0.15, 0.2) is 6.10 Å². The zero-order valence-electron chi connectivity index (χ0n) is 9.44. The number of amidine groups is 1. The van der Waals surface area contributed by atoms with Gasteiger partial charge in [-0.15, -0.1) is 0 Å². The van der Waals surface area contributed by atoms with E-state index in [-0.39, 0.29) is 16.6 Å². The van der Waals surface area contributed by atoms with Gasteiger partial charge < -0.3 is 10.5 Å². The standard InChI is InChI=1S/C10H11ClFN3O3/c1-2-8(10(13)14)18-9-4-6(12)7(15(16)17)3-5(9)11/h3-4,8H,2H2,1H3,(H3,13,14). The average Bonchev–Trinajstić information content (AvgIpc) is 2.28. The molecule has 3 N–H and O–H groups in total. The van der Waals surface area contributed by atoms with Gasteiger partial charge in [-0.3, -0.25) is 15.5 Å². The minimum Gasteiger partial charge on any atom is -0.481 e. The van der Waals surface area contributed by atoms with Gasteiger partial charge in [-0.1, -0.05) is 18.5 Å². The zero-order valence-corrected chi connectivity index (χ0v) is 10.2. The van der Waals surface area contributed by atoms with Crippen molar-refractivity contribution in [2.75, 3.05) is 0 Å². The van der Waals surface area contributed by atoms with E-state index in [0.29, 0.717) is 6.42 Å². The van der Waals surface area contributed by atoms with E-state index in [2.05, 4.69) is 0 Å². The van der Waals surface area contributed by atoms with Crippen molar-refractivity contribution >= 4 is 23.1 Å². The van der Waals surface area contributed by atoms with Crippen molar-refractivity contribution in [3.8, 4) is 5.75 Å². The van der Waals surface area contributed by atoms with Crippen LogP contribution in [0.15, 0.2) is 12.1 Å². The monoisotopic (exact) mass is 275 g/mol. The van der Waals surface area contributed by atoms with Crippen LogP contribution in [0.25, 0.3) is 0 Å². The summed E-state index contributed by atoms with van der Waals surface area (Å²) in [4.78, 5) is 9.60. The van der Waals surface area contributed by atoms with Gasteiger partial charge in [-0.25, -0.2) is 0 Å². The van der Waals surface area contributed by atoms with Crippen LogP contribution in [0.1, 0.15) is 13.3 Å². The third-order valence-corrected chi connectivity index (χ3v) is 2.48. The smallest absolute Gasteiger partial charge is 0.306 e. The highest BCUT2D eigenvalue weighted by Gasteiger charge is 2.20. The molecule has 1 aromatic carbocycles. The summed E-state index contributed by atoms with van der Waals surface area (Å²) in [5, 5.41) is 17.6. The predicted molar refractivity (Wildman–Crippen MR) is 64.7 cm³/mol. The number of hydrogen-bond donors (Lipinski definition) is 2. The van der Waals surface area contributed by atoms with E-state index in [1.54, 1.807) is 6.92 Å². The summed E-state index contributed by atoms with van der Waals surface area (Å²) in [5.41, 5.74) is 4.54. The van der Waals surface area contributed by atoms with E-state index in [0.717, 1.165) is 12.1 Å². The number of halogens is 2. The van der Waals surface area contributed by atoms with Crippen LogP contribution < -0.4 is 10.5 Å². The lowest BCUT2D eigenvalue weighted by Gasteiger charge is -2.16. The first kappa shape index (κ1) is 14.2. The highest BCUT2D eigenvalue weighted by molar-refractivity contribution is 6.32. The van der Waals surface area contributed by atoms with Gasteiger partial charge in [0.1, 0.15) is 11.6 Å². The Balaban J connectivity index is 3.08. The maximum atomic E-state index is 13.4. The molecule has 8 heteroatoms. The summed E-state index contributed by atoms with van der Waals surface area (Å²) in [5.74, 6) is -1.37. The molecule has 18 heavy (non-hydrogen) atoms. The summed E-state index contributed by atoms with van der Waals surface area (Å²) in [7, 11) is 0. The fourth-order valence-electron chi connectivity index (χ4n) is 1.27. The Morgan fingerprint density at radius 1 is 1.72 bits per heavy atom. The number of nitro benzene ring substituents is 1. The number of hydrogen-bond acceptors (Lipinski definition) is 4. The average molecular weight is 276 g/mol. The Kier molecular flexibility index (Phi) is 4.43. The van der Waals surface area contributed by atoms with Gasteiger partial charge in [0.25, 0.3) is 0 Å². The van der Waals surface area contributed by atoms with Crippen LogP contribution in [0.5, 0.6) is 5.75 Å². The van der Waals surface area contributed by atoms with Crippen LogP contribution in [0, 0.1) is 21.3 Å². The number of nitrogens with two attached hydrogens (primary N) is 1. The van der Waals surface area contributed by atoms with Crippen LogP contribution in [-0.4, -0.2) is 16.9 Å². The molecule has 0 aliphatic rings. The topological polar surface area (TPSA) is 102 Å². The molecule has 1 unspecified atom stereocenters. The molecule has 0 amide bonds. The van der Waals surface area contributed by atoms with E-state index < -0.39 is 22.5 Å². The van der Waals surface area contributed by atoms with Gasteiger partial charge >= 0.3 is 5.69 Å². The lowest BCUT2D eigenvalue weighted by molar-refractivity contribution is -0.387. The van der Waals surface area contributed by atoms with E-state index in [1.807, 2.05) is 0 Å². The molecule has 1 aromatic rings. The van der Waals surface area contributed by atoms with Crippen LogP contribution in [0.3, 0.4) is 0 Å². The van der Waals surface area contributed by atoms with E-state index >= 15 is 0 Å². The lowest BCUT2D eigenvalue weighted by Crippen LogP contribution is -2.32. The Labute approximate surface area is 107 Å². The molecule has 0 bridgehead atoms. The summed E-state index contributed by atoms with van der Waals surface area (Å²) in [6.07, 6.45) is -0.354. The summed E-state index contributed by atoms with van der Waals surface area (Å²) in [6, 6.07) is 1.67. The van der Waals surface area contributed by atoms with Gasteiger partial charge in [0.2, 0.25) is 5.82 Å². The molecule has 0 aliphatic heterocycles. The van der Waals surface area contributed by atoms with Crippen molar-refractivity contribution in [2.24, 2.45) is 5.73 Å². The number of nitrogens with one attached hydrogen (secondary N) is 1. The number of rotatable bonds is 5. The Bertz CT molecular complexity index is 496. The van der Waals surface area contributed by atoms with Crippen molar-refractivity contribution in [1.82, 2.24) is 0 Å². The predicted octanol–water partition coefficient (Wildman–Crippen LogP) is 2.48. The van der Waals surface area contributed by atoms with Crippen molar-refractivity contribution < 1.29 is 14.1 Å². The third kappa shape index (κ3) is 3.07. The number of benzene rings is 1. The van der Waals surface area contributed by atoms with Crippen molar-refractivity contribution in [3.63, 3.8) is 0 Å². The lowest BCUT2D eigenvalue weighted by atomic mass is 10.2. The molecular formula is C10H11ClFN3O3. The van der Waals surface area contributed by atoms with E-state index in [1.165, 1.54) is 0 Å². The highest BCUT2D eigenvalue weighted by Crippen LogP contribution is 2.32. The second-order valence-electron chi connectivity index (χ2n) is 3.46. The minimum absolute atomic E-state index is 0.0817. The summed E-state index contributed by atoms with van der Waals surface area (Å²) < 4.78 is 18.6. The van der Waals surface area contributed by atoms with E-state index in [9.17, 15) is 14.5 Å². The van der Waals surface area contributed by atoms with Gasteiger partial charge in [-0.2, -0.15) is 4.39 Å². The molecule has 1 rings (SSSR count). The first-order chi connectivity index (χ1) is 8.36. The van der Waals surface area contributed by atoms with E-state index in [4.69, 9.17) is 27.5 Å². The number of ether oxygens (including phenoxy) is 1. The Morgan fingerprint density at radius 2 is 2.33 bits per heavy atom. The normalized spacial score (nSPS) is 11.9. The van der Waals surface area contributed by atoms with Crippen molar-refractivity contribution in [3.05, 3.63) is 33.1 Å². The Morgan fingerprint density at radius 3 is 2.78 bits per heavy atom. The van der Waals surface area contributed by atoms with Crippen LogP contribution in [0.2, 0.25) is 5.02 Å². The maximum absolute atomic E-state index is 13.4. The molecular weight excluding hydrogens is 265 g/mol. The molecule has 0 aromatic heterocycles. The minimum atomic E-state index is -1.06. The molecule has 98 valence electrons. The molecule has 0 radical (unpaired) electrons. The van der Waals surface area contributed by atoms with Crippen molar-refractivity contribution in [1.29, 1.82) is 5.41 Å². The van der Waals surface area contributed by atoms with Crippen LogP contribution in [-0.2, 0) is 0 Å². The molecule has 1 atom stereocenters. The molecule has 6 nitrogen and oxygen atoms in total. The first-order valence-electron chi connectivity index (χ1n) is 5.00. The largest absolute Gasteiger partial charge is 0.481 e. The summed E-state index contributed by atoms with van der Waals surface area (Å²) >= 11 is 5.74. The second kappa shape index (κ2) is 5.63. The molecule has 0 spiro atoms. The quantitative estimate of drug-likeness (QED) is 0.373. The number of nitrogens with zero attached hydrogens (tertiary/aromatic N) is 1. The Hall–Kier alpha value is -1.89. The molecule has 0 saturated carbocycles. The molecule has 0 aliphatic carbocycles. The second-order valence-corrected chi connectivity index (χ2v) is 3.87. The molecule has 0 heterocycles. The van der Waals surface area contributed by atoms with Crippen molar-refractivity contribution in [2.45, 2.75) is 19.4 Å². The van der Waals surface area contributed by atoms with Gasteiger partial charge in [-0.05, 0) is 6.42 Å². The third-order valence-electron chi connectivity index (χ3n) is 2.18. The molecule has 0 fully saturated rings. The first-order valence-corrected chi connectivity index (χ1v) is 5.38. The highest BCUT2D eigenvalue weighted by atomic mass is 35.5. The maximum Gasteiger partial charge on any atom is 0.306 e. The summed E-state index contributed by atoms with van der Waals surface area (Å²) in [6.45, 7) is 1.72. The SMILES string of the molecule is CCC(Oc1cc(F)c([N+](=O)[O-])cc1Cl)C(=N)N. The molecule has 0 saturated heterocycles. The zero-order chi connectivity index (χ0) is 13.9.